The number of imidazole rings is 1. The molecule has 0 aliphatic rings. The summed E-state index contributed by atoms with van der Waals surface area (Å²) >= 11 is 5.87. The summed E-state index contributed by atoms with van der Waals surface area (Å²) in [5.74, 6) is 0.458. The normalized spacial score (nSPS) is 10.8. The molecule has 2 N–H and O–H groups in total. The maximum absolute atomic E-state index is 13.7. The van der Waals surface area contributed by atoms with Gasteiger partial charge in [0, 0.05) is 16.3 Å². The first-order chi connectivity index (χ1) is 8.11. The van der Waals surface area contributed by atoms with E-state index in [0.29, 0.717) is 22.8 Å². The number of hydrogen-bond acceptors (Lipinski definition) is 2. The van der Waals surface area contributed by atoms with E-state index in [0.717, 1.165) is 11.5 Å². The standard InChI is InChI=1S/C12H13ClFN3/c1-7-12(17-11(16-7)6-15-2)9-5-8(13)3-4-10(9)14/h3-5,15H,6H2,1-2H3,(H,16,17). The number of aromatic amines is 1. The molecule has 90 valence electrons. The molecule has 1 heterocycles. The predicted octanol–water partition coefficient (Wildman–Crippen LogP) is 2.90. The van der Waals surface area contributed by atoms with Crippen LogP contribution in [0.25, 0.3) is 11.3 Å². The van der Waals surface area contributed by atoms with Crippen LogP contribution < -0.4 is 5.32 Å². The minimum atomic E-state index is -0.319. The highest BCUT2D eigenvalue weighted by molar-refractivity contribution is 6.30. The van der Waals surface area contributed by atoms with Gasteiger partial charge in [0.25, 0.3) is 0 Å². The number of rotatable bonds is 3. The van der Waals surface area contributed by atoms with E-state index in [4.69, 9.17) is 11.6 Å². The van der Waals surface area contributed by atoms with E-state index < -0.39 is 0 Å². The lowest BCUT2D eigenvalue weighted by Crippen LogP contribution is -2.06. The van der Waals surface area contributed by atoms with Crippen molar-refractivity contribution in [3.8, 4) is 11.3 Å². The van der Waals surface area contributed by atoms with Gasteiger partial charge in [0.2, 0.25) is 0 Å². The number of aryl methyl sites for hydroxylation is 1. The first-order valence-electron chi connectivity index (χ1n) is 5.27. The molecule has 2 rings (SSSR count). The molecule has 2 aromatic rings. The van der Waals surface area contributed by atoms with Crippen molar-refractivity contribution in [2.24, 2.45) is 0 Å². The predicted molar refractivity (Wildman–Crippen MR) is 66.5 cm³/mol. The van der Waals surface area contributed by atoms with Gasteiger partial charge in [-0.1, -0.05) is 11.6 Å². The lowest BCUT2D eigenvalue weighted by Gasteiger charge is -2.01. The Bertz CT molecular complexity index is 537. The maximum atomic E-state index is 13.7. The molecule has 0 spiro atoms. The summed E-state index contributed by atoms with van der Waals surface area (Å²) in [6, 6.07) is 4.46. The van der Waals surface area contributed by atoms with Crippen molar-refractivity contribution in [1.82, 2.24) is 15.3 Å². The molecular weight excluding hydrogens is 241 g/mol. The van der Waals surface area contributed by atoms with Gasteiger partial charge in [-0.15, -0.1) is 0 Å². The summed E-state index contributed by atoms with van der Waals surface area (Å²) in [5, 5.41) is 3.49. The summed E-state index contributed by atoms with van der Waals surface area (Å²) in [5.41, 5.74) is 1.86. The maximum Gasteiger partial charge on any atom is 0.132 e. The summed E-state index contributed by atoms with van der Waals surface area (Å²) in [6.45, 7) is 2.48. The van der Waals surface area contributed by atoms with Crippen molar-refractivity contribution in [3.05, 3.63) is 40.6 Å². The topological polar surface area (TPSA) is 40.7 Å². The highest BCUT2D eigenvalue weighted by Gasteiger charge is 2.13. The van der Waals surface area contributed by atoms with Crippen LogP contribution in [0.1, 0.15) is 11.5 Å². The molecule has 17 heavy (non-hydrogen) atoms. The molecule has 3 nitrogen and oxygen atoms in total. The third-order valence-electron chi connectivity index (χ3n) is 2.46. The first-order valence-corrected chi connectivity index (χ1v) is 5.65. The van der Waals surface area contributed by atoms with Gasteiger partial charge >= 0.3 is 0 Å². The lowest BCUT2D eigenvalue weighted by atomic mass is 10.1. The SMILES string of the molecule is CNCc1nc(-c2cc(Cl)ccc2F)c(C)[nH]1. The Balaban J connectivity index is 2.48. The smallest absolute Gasteiger partial charge is 0.132 e. The molecule has 0 amide bonds. The zero-order chi connectivity index (χ0) is 12.4. The lowest BCUT2D eigenvalue weighted by molar-refractivity contribution is 0.630. The average molecular weight is 254 g/mol. The van der Waals surface area contributed by atoms with Crippen LogP contribution in [0.4, 0.5) is 4.39 Å². The summed E-state index contributed by atoms with van der Waals surface area (Å²) in [6.07, 6.45) is 0. The van der Waals surface area contributed by atoms with Crippen molar-refractivity contribution in [2.75, 3.05) is 7.05 Å². The van der Waals surface area contributed by atoms with Gasteiger partial charge < -0.3 is 10.3 Å². The molecule has 0 aliphatic heterocycles. The van der Waals surface area contributed by atoms with Crippen molar-refractivity contribution in [2.45, 2.75) is 13.5 Å². The zero-order valence-corrected chi connectivity index (χ0v) is 10.4. The molecule has 1 aromatic carbocycles. The highest BCUT2D eigenvalue weighted by atomic mass is 35.5. The molecule has 0 unspecified atom stereocenters. The molecule has 0 radical (unpaired) electrons. The average Bonchev–Trinajstić information content (AvgIpc) is 2.64. The second kappa shape index (κ2) is 4.85. The van der Waals surface area contributed by atoms with Gasteiger partial charge in [-0.2, -0.15) is 0 Å². The molecule has 0 aliphatic carbocycles. The Kier molecular flexibility index (Phi) is 3.45. The van der Waals surface area contributed by atoms with E-state index in [1.165, 1.54) is 12.1 Å². The minimum absolute atomic E-state index is 0.319. The van der Waals surface area contributed by atoms with Crippen molar-refractivity contribution < 1.29 is 4.39 Å². The molecule has 0 saturated carbocycles. The van der Waals surface area contributed by atoms with E-state index in [1.807, 2.05) is 14.0 Å². The minimum Gasteiger partial charge on any atom is -0.344 e. The Hall–Kier alpha value is -1.39. The third kappa shape index (κ3) is 2.48. The largest absolute Gasteiger partial charge is 0.344 e. The molecular formula is C12H13ClFN3. The Morgan fingerprint density at radius 2 is 2.24 bits per heavy atom. The molecule has 0 saturated heterocycles. The van der Waals surface area contributed by atoms with E-state index in [2.05, 4.69) is 15.3 Å². The van der Waals surface area contributed by atoms with Crippen LogP contribution in [0.3, 0.4) is 0 Å². The van der Waals surface area contributed by atoms with Crippen LogP contribution in [0.2, 0.25) is 5.02 Å². The van der Waals surface area contributed by atoms with E-state index in [1.54, 1.807) is 6.07 Å². The van der Waals surface area contributed by atoms with Crippen molar-refractivity contribution in [3.63, 3.8) is 0 Å². The molecule has 0 atom stereocenters. The number of halogens is 2. The number of nitrogens with one attached hydrogen (secondary N) is 2. The van der Waals surface area contributed by atoms with Gasteiger partial charge in [-0.05, 0) is 32.2 Å². The van der Waals surface area contributed by atoms with Crippen molar-refractivity contribution >= 4 is 11.6 Å². The monoisotopic (exact) mass is 253 g/mol. The summed E-state index contributed by atoms with van der Waals surface area (Å²) < 4.78 is 13.7. The van der Waals surface area contributed by atoms with Crippen LogP contribution in [0.15, 0.2) is 18.2 Å². The van der Waals surface area contributed by atoms with Crippen molar-refractivity contribution in [1.29, 1.82) is 0 Å². The van der Waals surface area contributed by atoms with Gasteiger partial charge in [0.1, 0.15) is 11.6 Å². The highest BCUT2D eigenvalue weighted by Crippen LogP contribution is 2.27. The Morgan fingerprint density at radius 1 is 1.47 bits per heavy atom. The summed E-state index contributed by atoms with van der Waals surface area (Å²) in [4.78, 5) is 7.46. The van der Waals surface area contributed by atoms with E-state index in [9.17, 15) is 4.39 Å². The van der Waals surface area contributed by atoms with Gasteiger partial charge in [-0.25, -0.2) is 9.37 Å². The van der Waals surface area contributed by atoms with Gasteiger partial charge in [0.05, 0.1) is 12.2 Å². The Labute approximate surface area is 104 Å². The fraction of sp³-hybridized carbons (Fsp3) is 0.250. The molecule has 0 bridgehead atoms. The number of nitrogens with zero attached hydrogens (tertiary/aromatic N) is 1. The number of benzene rings is 1. The third-order valence-corrected chi connectivity index (χ3v) is 2.70. The van der Waals surface area contributed by atoms with Gasteiger partial charge in [-0.3, -0.25) is 0 Å². The Morgan fingerprint density at radius 3 is 2.94 bits per heavy atom. The van der Waals surface area contributed by atoms with E-state index in [-0.39, 0.29) is 5.82 Å². The van der Waals surface area contributed by atoms with Crippen LogP contribution in [0, 0.1) is 12.7 Å². The van der Waals surface area contributed by atoms with Crippen LogP contribution in [-0.4, -0.2) is 17.0 Å². The fourth-order valence-corrected chi connectivity index (χ4v) is 1.89. The summed E-state index contributed by atoms with van der Waals surface area (Å²) in [7, 11) is 1.83. The quantitative estimate of drug-likeness (QED) is 0.883. The van der Waals surface area contributed by atoms with Crippen LogP contribution >= 0.6 is 11.6 Å². The molecule has 0 fully saturated rings. The fourth-order valence-electron chi connectivity index (χ4n) is 1.71. The number of H-pyrrole nitrogens is 1. The second-order valence-electron chi connectivity index (χ2n) is 3.81. The van der Waals surface area contributed by atoms with Gasteiger partial charge in [0.15, 0.2) is 0 Å². The molecule has 1 aromatic heterocycles. The second-order valence-corrected chi connectivity index (χ2v) is 4.25. The van der Waals surface area contributed by atoms with Crippen LogP contribution in [-0.2, 0) is 6.54 Å². The first kappa shape index (κ1) is 12.1. The number of hydrogen-bond donors (Lipinski definition) is 2. The molecule has 5 heteroatoms. The van der Waals surface area contributed by atoms with Crippen LogP contribution in [0.5, 0.6) is 0 Å². The zero-order valence-electron chi connectivity index (χ0n) is 9.64. The number of aromatic nitrogens is 2. The van der Waals surface area contributed by atoms with E-state index >= 15 is 0 Å².